The van der Waals surface area contributed by atoms with E-state index in [2.05, 4.69) is 5.32 Å². The molecular weight excluding hydrogens is 254 g/mol. The zero-order chi connectivity index (χ0) is 14.3. The van der Waals surface area contributed by atoms with E-state index in [1.807, 2.05) is 6.92 Å². The van der Waals surface area contributed by atoms with E-state index in [-0.39, 0.29) is 5.56 Å². The van der Waals surface area contributed by atoms with Crippen LogP contribution < -0.4 is 5.32 Å². The van der Waals surface area contributed by atoms with Crippen LogP contribution in [0.5, 0.6) is 0 Å². The van der Waals surface area contributed by atoms with Crippen LogP contribution in [0.2, 0.25) is 0 Å². The van der Waals surface area contributed by atoms with Gasteiger partial charge in [-0.15, -0.1) is 0 Å². The normalized spacial score (nSPS) is 21.3. The van der Waals surface area contributed by atoms with Crippen LogP contribution in [0.1, 0.15) is 21.5 Å². The molecule has 1 aliphatic rings. The van der Waals surface area contributed by atoms with Crippen molar-refractivity contribution in [2.24, 2.45) is 0 Å². The van der Waals surface area contributed by atoms with Gasteiger partial charge in [-0.2, -0.15) is 0 Å². The number of benzene rings is 2. The van der Waals surface area contributed by atoms with Crippen molar-refractivity contribution in [2.45, 2.75) is 12.5 Å². The predicted octanol–water partition coefficient (Wildman–Crippen LogP) is 2.02. The Balaban J connectivity index is 2.20. The molecular formula is C16H13NO3. The molecule has 0 saturated carbocycles. The highest BCUT2D eigenvalue weighted by molar-refractivity contribution is 6.26. The predicted molar refractivity (Wildman–Crippen MR) is 74.5 cm³/mol. The van der Waals surface area contributed by atoms with Gasteiger partial charge in [-0.25, -0.2) is 0 Å². The summed E-state index contributed by atoms with van der Waals surface area (Å²) in [4.78, 5) is 24.8. The van der Waals surface area contributed by atoms with Gasteiger partial charge in [0.15, 0.2) is 0 Å². The lowest BCUT2D eigenvalue weighted by atomic mass is 9.81. The summed E-state index contributed by atoms with van der Waals surface area (Å²) in [5, 5.41) is 13.3. The molecule has 0 unspecified atom stereocenters. The van der Waals surface area contributed by atoms with E-state index in [0.717, 1.165) is 5.56 Å². The zero-order valence-electron chi connectivity index (χ0n) is 10.9. The maximum Gasteiger partial charge on any atom is 0.269 e. The Kier molecular flexibility index (Phi) is 2.69. The van der Waals surface area contributed by atoms with E-state index in [0.29, 0.717) is 11.3 Å². The lowest BCUT2D eigenvalue weighted by Gasteiger charge is -2.31. The number of ketones is 1. The Morgan fingerprint density at radius 2 is 1.75 bits per heavy atom. The number of carbonyl (C=O) groups is 2. The van der Waals surface area contributed by atoms with E-state index in [1.165, 1.54) is 0 Å². The van der Waals surface area contributed by atoms with Crippen LogP contribution in [-0.4, -0.2) is 16.8 Å². The van der Waals surface area contributed by atoms with E-state index < -0.39 is 17.3 Å². The summed E-state index contributed by atoms with van der Waals surface area (Å²) in [6, 6.07) is 13.4. The number of rotatable bonds is 1. The second-order valence-corrected chi connectivity index (χ2v) is 4.91. The third-order valence-corrected chi connectivity index (χ3v) is 3.52. The first-order valence-electron chi connectivity index (χ1n) is 6.28. The first-order valence-corrected chi connectivity index (χ1v) is 6.28. The van der Waals surface area contributed by atoms with E-state index >= 15 is 0 Å². The quantitative estimate of drug-likeness (QED) is 0.777. The summed E-state index contributed by atoms with van der Waals surface area (Å²) < 4.78 is 0. The molecule has 0 saturated heterocycles. The third-order valence-electron chi connectivity index (χ3n) is 3.52. The minimum absolute atomic E-state index is 0.273. The number of amides is 1. The number of anilines is 1. The molecule has 0 aromatic heterocycles. The highest BCUT2D eigenvalue weighted by atomic mass is 16.3. The summed E-state index contributed by atoms with van der Waals surface area (Å²) in [5.41, 5.74) is -0.234. The van der Waals surface area contributed by atoms with Crippen LogP contribution in [-0.2, 0) is 10.4 Å². The number of carbonyl (C=O) groups excluding carboxylic acids is 2. The van der Waals surface area contributed by atoms with Crippen LogP contribution in [0.3, 0.4) is 0 Å². The summed E-state index contributed by atoms with van der Waals surface area (Å²) >= 11 is 0. The number of hydrogen-bond acceptors (Lipinski definition) is 3. The fourth-order valence-electron chi connectivity index (χ4n) is 2.41. The standard InChI is InChI=1S/C16H13NO3/c1-10-7-8-13-12(9-10)14(18)16(20,15(19)17-13)11-5-3-2-4-6-11/h2-9,20H,1H3,(H,17,19)/t16-/m0/s1. The second kappa shape index (κ2) is 4.28. The molecule has 1 aliphatic heterocycles. The summed E-state index contributed by atoms with van der Waals surface area (Å²) in [6.07, 6.45) is 0. The molecule has 0 aliphatic carbocycles. The Hall–Kier alpha value is -2.46. The van der Waals surface area contributed by atoms with E-state index in [1.54, 1.807) is 48.5 Å². The molecule has 1 heterocycles. The lowest BCUT2D eigenvalue weighted by Crippen LogP contribution is -2.50. The van der Waals surface area contributed by atoms with Crippen LogP contribution in [0.25, 0.3) is 0 Å². The van der Waals surface area contributed by atoms with Crippen molar-refractivity contribution in [3.8, 4) is 0 Å². The minimum atomic E-state index is -2.16. The summed E-state index contributed by atoms with van der Waals surface area (Å²) in [5.74, 6) is -1.31. The molecule has 1 atom stereocenters. The van der Waals surface area contributed by atoms with Crippen molar-refractivity contribution in [1.29, 1.82) is 0 Å². The number of fused-ring (bicyclic) bond motifs is 1. The second-order valence-electron chi connectivity index (χ2n) is 4.91. The van der Waals surface area contributed by atoms with Gasteiger partial charge in [-0.3, -0.25) is 9.59 Å². The van der Waals surface area contributed by atoms with Gasteiger partial charge in [0.1, 0.15) is 0 Å². The SMILES string of the molecule is Cc1ccc2c(c1)C(=O)[C@@](O)(c1ccccc1)C(=O)N2. The number of Topliss-reactive ketones (excluding diaryl/α,β-unsaturated/α-hetero) is 1. The molecule has 2 N–H and O–H groups in total. The number of hydrogen-bond donors (Lipinski definition) is 2. The van der Waals surface area contributed by atoms with Crippen molar-refractivity contribution >= 4 is 17.4 Å². The minimum Gasteiger partial charge on any atom is -0.369 e. The van der Waals surface area contributed by atoms with Crippen molar-refractivity contribution in [3.63, 3.8) is 0 Å². The van der Waals surface area contributed by atoms with Gasteiger partial charge in [-0.05, 0) is 19.1 Å². The third kappa shape index (κ3) is 1.66. The summed E-state index contributed by atoms with van der Waals surface area (Å²) in [6.45, 7) is 1.85. The van der Waals surface area contributed by atoms with Gasteiger partial charge in [0.2, 0.25) is 11.4 Å². The average molecular weight is 267 g/mol. The molecule has 0 bridgehead atoms. The molecule has 4 heteroatoms. The van der Waals surface area contributed by atoms with Gasteiger partial charge in [0, 0.05) is 11.1 Å². The Bertz CT molecular complexity index is 709. The van der Waals surface area contributed by atoms with Crippen molar-refractivity contribution in [3.05, 3.63) is 65.2 Å². The number of nitrogens with one attached hydrogen (secondary N) is 1. The molecule has 1 amide bonds. The molecule has 4 nitrogen and oxygen atoms in total. The van der Waals surface area contributed by atoms with Gasteiger partial charge in [0.05, 0.1) is 5.69 Å². The van der Waals surface area contributed by atoms with Crippen molar-refractivity contribution in [1.82, 2.24) is 0 Å². The van der Waals surface area contributed by atoms with Gasteiger partial charge < -0.3 is 10.4 Å². The van der Waals surface area contributed by atoms with Crippen LogP contribution >= 0.6 is 0 Å². The fourth-order valence-corrected chi connectivity index (χ4v) is 2.41. The van der Waals surface area contributed by atoms with Gasteiger partial charge >= 0.3 is 0 Å². The molecule has 0 fully saturated rings. The van der Waals surface area contributed by atoms with Crippen molar-refractivity contribution in [2.75, 3.05) is 5.32 Å². The highest BCUT2D eigenvalue weighted by Gasteiger charge is 2.49. The largest absolute Gasteiger partial charge is 0.369 e. The monoisotopic (exact) mass is 267 g/mol. The highest BCUT2D eigenvalue weighted by Crippen LogP contribution is 2.35. The molecule has 2 aromatic carbocycles. The number of aryl methyl sites for hydroxylation is 1. The van der Waals surface area contributed by atoms with Crippen LogP contribution in [0.4, 0.5) is 5.69 Å². The summed E-state index contributed by atoms with van der Waals surface area (Å²) in [7, 11) is 0. The van der Waals surface area contributed by atoms with E-state index in [9.17, 15) is 14.7 Å². The zero-order valence-corrected chi connectivity index (χ0v) is 10.9. The molecule has 0 radical (unpaired) electrons. The van der Waals surface area contributed by atoms with Crippen LogP contribution in [0.15, 0.2) is 48.5 Å². The van der Waals surface area contributed by atoms with Gasteiger partial charge in [0.25, 0.3) is 5.91 Å². The molecule has 3 rings (SSSR count). The molecule has 0 spiro atoms. The number of aliphatic hydroxyl groups is 1. The van der Waals surface area contributed by atoms with Gasteiger partial charge in [-0.1, -0.05) is 42.0 Å². The molecule has 100 valence electrons. The smallest absolute Gasteiger partial charge is 0.269 e. The van der Waals surface area contributed by atoms with Crippen molar-refractivity contribution < 1.29 is 14.7 Å². The Labute approximate surface area is 116 Å². The molecule has 2 aromatic rings. The first kappa shape index (κ1) is 12.6. The fraction of sp³-hybridized carbons (Fsp3) is 0.125. The molecule has 20 heavy (non-hydrogen) atoms. The Morgan fingerprint density at radius 1 is 1.05 bits per heavy atom. The Morgan fingerprint density at radius 3 is 2.45 bits per heavy atom. The maximum atomic E-state index is 12.6. The topological polar surface area (TPSA) is 66.4 Å². The maximum absolute atomic E-state index is 12.6. The van der Waals surface area contributed by atoms with E-state index in [4.69, 9.17) is 0 Å². The van der Waals surface area contributed by atoms with Crippen LogP contribution in [0, 0.1) is 6.92 Å². The lowest BCUT2D eigenvalue weighted by molar-refractivity contribution is -0.130. The average Bonchev–Trinajstić information content (AvgIpc) is 2.47. The first-order chi connectivity index (χ1) is 9.53.